The largest absolute Gasteiger partial charge is 1.00 e. The van der Waals surface area contributed by atoms with Gasteiger partial charge in [-0.05, 0) is 38.2 Å². The van der Waals surface area contributed by atoms with Crippen molar-refractivity contribution in [1.29, 1.82) is 0 Å². The van der Waals surface area contributed by atoms with E-state index in [-0.39, 0.29) is 29.6 Å². The fraction of sp³-hybridized carbons (Fsp3) is 0.545. The summed E-state index contributed by atoms with van der Waals surface area (Å²) in [5.74, 6) is 0. The molecule has 90 valence electrons. The quantitative estimate of drug-likeness (QED) is 0.553. The minimum absolute atomic E-state index is 0. The van der Waals surface area contributed by atoms with Crippen molar-refractivity contribution in [3.8, 4) is 0 Å². The topological polar surface area (TPSA) is 54.3 Å². The molecule has 1 aromatic rings. The molecule has 17 heavy (non-hydrogen) atoms. The van der Waals surface area contributed by atoms with Crippen LogP contribution in [0.3, 0.4) is 0 Å². The Morgan fingerprint density at radius 3 is 2.35 bits per heavy atom. The number of carbonyl (C=O) groups excluding carboxylic acids is 1. The summed E-state index contributed by atoms with van der Waals surface area (Å²) >= 11 is 0. The zero-order valence-electron chi connectivity index (χ0n) is 11.4. The zero-order chi connectivity index (χ0) is 12.6. The normalized spacial score (nSPS) is 11.9. The summed E-state index contributed by atoms with van der Waals surface area (Å²) in [6.45, 7) is 8.71. The Labute approximate surface area is 125 Å². The second-order valence-corrected chi connectivity index (χ2v) is 8.79. The number of rotatable bonds is 1. The van der Waals surface area contributed by atoms with Crippen molar-refractivity contribution in [2.45, 2.75) is 39.5 Å². The van der Waals surface area contributed by atoms with E-state index >= 15 is 0 Å². The summed E-state index contributed by atoms with van der Waals surface area (Å²) in [4.78, 5) is 23.8. The minimum Gasteiger partial charge on any atom is -0.854 e. The van der Waals surface area contributed by atoms with Crippen LogP contribution in [0.15, 0.2) is 18.3 Å². The molecule has 1 aromatic heterocycles. The van der Waals surface area contributed by atoms with Gasteiger partial charge in [-0.2, -0.15) is 0 Å². The molecule has 0 unspecified atom stereocenters. The van der Waals surface area contributed by atoms with Gasteiger partial charge in [-0.3, -0.25) is 4.57 Å². The van der Waals surface area contributed by atoms with Gasteiger partial charge in [0.05, 0.1) is 0 Å². The summed E-state index contributed by atoms with van der Waals surface area (Å²) in [6.07, 6.45) is 1.10. The Morgan fingerprint density at radius 1 is 1.41 bits per heavy atom. The van der Waals surface area contributed by atoms with Gasteiger partial charge in [-0.15, -0.1) is 0 Å². The van der Waals surface area contributed by atoms with Crippen LogP contribution >= 0.6 is 0 Å². The van der Waals surface area contributed by atoms with Crippen LogP contribution in [0.5, 0.6) is 0 Å². The molecular formula is C11H18NNaO3Si. The van der Waals surface area contributed by atoms with Gasteiger partial charge in [0.25, 0.3) is 0 Å². The second kappa shape index (κ2) is 5.71. The third-order valence-corrected chi connectivity index (χ3v) is 3.60. The molecule has 1 heterocycles. The van der Waals surface area contributed by atoms with Gasteiger partial charge in [0, 0.05) is 14.5 Å². The van der Waals surface area contributed by atoms with Crippen molar-refractivity contribution in [2.24, 2.45) is 0 Å². The molecule has 4 nitrogen and oxygen atoms in total. The van der Waals surface area contributed by atoms with Gasteiger partial charge in [0.1, 0.15) is 5.60 Å². The first kappa shape index (κ1) is 16.9. The standard InChI is InChI=1S/C11H18NO3Si.Na/c1-11(2,3)15-10(13)12-8-6-7-9(12)16(4,5)14;/h6-8H,1-5H3;/q-1;+1. The molecule has 0 saturated carbocycles. The first-order chi connectivity index (χ1) is 7.11. The van der Waals surface area contributed by atoms with Crippen molar-refractivity contribution in [2.75, 3.05) is 0 Å². The number of nitrogens with zero attached hydrogens (tertiary/aromatic N) is 1. The molecular weight excluding hydrogens is 245 g/mol. The minimum atomic E-state index is -2.75. The van der Waals surface area contributed by atoms with E-state index in [0.717, 1.165) is 0 Å². The maximum Gasteiger partial charge on any atom is 1.00 e. The molecule has 0 fully saturated rings. The number of hydrogen-bond acceptors (Lipinski definition) is 3. The molecule has 0 aliphatic rings. The molecule has 0 atom stereocenters. The average molecular weight is 263 g/mol. The third-order valence-electron chi connectivity index (χ3n) is 1.96. The van der Waals surface area contributed by atoms with E-state index in [2.05, 4.69) is 0 Å². The summed E-state index contributed by atoms with van der Waals surface area (Å²) < 4.78 is 6.55. The molecule has 0 N–H and O–H groups in total. The summed E-state index contributed by atoms with van der Waals surface area (Å²) in [5, 5.41) is 0.543. The molecule has 0 aliphatic carbocycles. The molecule has 0 spiro atoms. The summed E-state index contributed by atoms with van der Waals surface area (Å²) in [7, 11) is -2.75. The Balaban J connectivity index is 0.00000256. The van der Waals surface area contributed by atoms with E-state index in [4.69, 9.17) is 4.74 Å². The Hall–Kier alpha value is -0.0731. The summed E-state index contributed by atoms with van der Waals surface area (Å²) in [5.41, 5.74) is -0.548. The van der Waals surface area contributed by atoms with E-state index in [9.17, 15) is 9.59 Å². The van der Waals surface area contributed by atoms with Crippen LogP contribution in [-0.2, 0) is 4.74 Å². The van der Waals surface area contributed by atoms with Crippen LogP contribution in [0.1, 0.15) is 20.8 Å². The number of carbonyl (C=O) groups is 1. The summed E-state index contributed by atoms with van der Waals surface area (Å²) in [6, 6.07) is 3.40. The fourth-order valence-electron chi connectivity index (χ4n) is 1.34. The van der Waals surface area contributed by atoms with Crippen LogP contribution in [-0.4, -0.2) is 24.6 Å². The van der Waals surface area contributed by atoms with Crippen molar-refractivity contribution in [3.05, 3.63) is 18.3 Å². The molecule has 1 rings (SSSR count). The Kier molecular flexibility index (Phi) is 5.69. The van der Waals surface area contributed by atoms with Crippen LogP contribution in [0.25, 0.3) is 0 Å². The SMILES string of the molecule is CC(C)(C)OC(=O)n1cccc1[Si](C)(C)[O-].[Na+]. The maximum absolute atomic E-state index is 12.0. The fourth-order valence-corrected chi connectivity index (χ4v) is 2.59. The van der Waals surface area contributed by atoms with Crippen LogP contribution in [0.4, 0.5) is 4.79 Å². The number of ether oxygens (including phenoxy) is 1. The van der Waals surface area contributed by atoms with Crippen LogP contribution < -0.4 is 39.7 Å². The Morgan fingerprint density at radius 2 is 1.94 bits per heavy atom. The van der Waals surface area contributed by atoms with Gasteiger partial charge in [0.2, 0.25) is 0 Å². The number of aromatic nitrogens is 1. The van der Waals surface area contributed by atoms with Crippen LogP contribution in [0.2, 0.25) is 13.1 Å². The first-order valence-electron chi connectivity index (χ1n) is 5.23. The Bertz CT molecular complexity index is 390. The first-order valence-corrected chi connectivity index (χ1v) is 8.14. The van der Waals surface area contributed by atoms with E-state index in [1.165, 1.54) is 4.57 Å². The zero-order valence-corrected chi connectivity index (χ0v) is 14.4. The van der Waals surface area contributed by atoms with Crippen LogP contribution in [0, 0.1) is 0 Å². The monoisotopic (exact) mass is 263 g/mol. The smallest absolute Gasteiger partial charge is 0.854 e. The average Bonchev–Trinajstić information content (AvgIpc) is 2.45. The van der Waals surface area contributed by atoms with Crippen molar-refractivity contribution in [3.63, 3.8) is 0 Å². The van der Waals surface area contributed by atoms with E-state index in [0.29, 0.717) is 5.32 Å². The van der Waals surface area contributed by atoms with E-state index in [1.54, 1.807) is 52.2 Å². The molecule has 0 saturated heterocycles. The molecule has 0 aromatic carbocycles. The maximum atomic E-state index is 12.0. The number of hydrogen-bond donors (Lipinski definition) is 0. The molecule has 0 radical (unpaired) electrons. The molecule has 6 heteroatoms. The van der Waals surface area contributed by atoms with Crippen molar-refractivity contribution in [1.82, 2.24) is 4.57 Å². The van der Waals surface area contributed by atoms with Gasteiger partial charge < -0.3 is 9.53 Å². The molecule has 0 bridgehead atoms. The van der Waals surface area contributed by atoms with Crippen molar-refractivity contribution >= 4 is 19.7 Å². The van der Waals surface area contributed by atoms with Gasteiger partial charge in [-0.1, -0.05) is 13.1 Å². The van der Waals surface area contributed by atoms with E-state index in [1.807, 2.05) is 0 Å². The van der Waals surface area contributed by atoms with Crippen molar-refractivity contribution < 1.29 is 43.9 Å². The second-order valence-electron chi connectivity index (χ2n) is 5.25. The van der Waals surface area contributed by atoms with Gasteiger partial charge >= 0.3 is 35.7 Å². The predicted octanol–water partition coefficient (Wildman–Crippen LogP) is -1.95. The van der Waals surface area contributed by atoms with E-state index < -0.39 is 20.0 Å². The van der Waals surface area contributed by atoms with Gasteiger partial charge in [0.15, 0.2) is 0 Å². The molecule has 0 aliphatic heterocycles. The van der Waals surface area contributed by atoms with Gasteiger partial charge in [-0.25, -0.2) is 4.79 Å². The third kappa shape index (κ3) is 4.97. The molecule has 0 amide bonds. The predicted molar refractivity (Wildman–Crippen MR) is 63.2 cm³/mol.